The van der Waals surface area contributed by atoms with Crippen molar-refractivity contribution < 1.29 is 14.3 Å². The summed E-state index contributed by atoms with van der Waals surface area (Å²) in [6.07, 6.45) is 2.96. The first-order valence-electron chi connectivity index (χ1n) is 9.16. The van der Waals surface area contributed by atoms with Crippen molar-refractivity contribution in [3.63, 3.8) is 0 Å². The highest BCUT2D eigenvalue weighted by molar-refractivity contribution is 5.84. The van der Waals surface area contributed by atoms with Crippen LogP contribution in [0.2, 0.25) is 0 Å². The minimum atomic E-state index is -0.581. The van der Waals surface area contributed by atoms with Gasteiger partial charge in [0.2, 0.25) is 5.91 Å². The summed E-state index contributed by atoms with van der Waals surface area (Å²) in [5.74, 6) is -1.26. The lowest BCUT2D eigenvalue weighted by molar-refractivity contribution is -0.164. The van der Waals surface area contributed by atoms with Gasteiger partial charge >= 0.3 is 5.97 Å². The maximum absolute atomic E-state index is 12.7. The molecule has 2 atom stereocenters. The normalized spacial score (nSPS) is 14.2. The molecule has 2 N–H and O–H groups in total. The maximum Gasteiger partial charge on any atom is 0.310 e. The molecule has 0 heterocycles. The van der Waals surface area contributed by atoms with Gasteiger partial charge in [0.25, 0.3) is 0 Å². The Morgan fingerprint density at radius 2 is 1.64 bits per heavy atom. The predicted octanol–water partition coefficient (Wildman–Crippen LogP) is 4.11. The first-order valence-corrected chi connectivity index (χ1v) is 9.16. The maximum atomic E-state index is 12.7. The van der Waals surface area contributed by atoms with Crippen LogP contribution in [0, 0.1) is 17.8 Å². The van der Waals surface area contributed by atoms with Crippen LogP contribution in [0.15, 0.2) is 30.3 Å². The number of nitrogens with two attached hydrogens (primary N) is 1. The lowest BCUT2D eigenvalue weighted by Gasteiger charge is -2.28. The van der Waals surface area contributed by atoms with E-state index in [-0.39, 0.29) is 5.97 Å². The van der Waals surface area contributed by atoms with E-state index in [1.165, 1.54) is 0 Å². The number of carbonyl (C=O) groups is 2. The first kappa shape index (κ1) is 21.2. The summed E-state index contributed by atoms with van der Waals surface area (Å²) in [5.41, 5.74) is 6.09. The second kappa shape index (κ2) is 9.59. The van der Waals surface area contributed by atoms with E-state index in [0.717, 1.165) is 18.4 Å². The van der Waals surface area contributed by atoms with Gasteiger partial charge in [-0.3, -0.25) is 9.59 Å². The van der Waals surface area contributed by atoms with Crippen LogP contribution in [0.4, 0.5) is 0 Å². The fourth-order valence-corrected chi connectivity index (χ4v) is 2.92. The number of amides is 1. The predicted molar refractivity (Wildman–Crippen MR) is 101 cm³/mol. The minimum Gasteiger partial charge on any atom is -0.460 e. The second-order valence-electron chi connectivity index (χ2n) is 8.16. The van der Waals surface area contributed by atoms with Crippen LogP contribution in [0.5, 0.6) is 0 Å². The summed E-state index contributed by atoms with van der Waals surface area (Å²) < 4.78 is 5.58. The highest BCUT2D eigenvalue weighted by Crippen LogP contribution is 2.27. The molecule has 1 aromatic rings. The topological polar surface area (TPSA) is 69.4 Å². The molecule has 0 spiro atoms. The highest BCUT2D eigenvalue weighted by atomic mass is 16.6. The van der Waals surface area contributed by atoms with E-state index in [1.54, 1.807) is 0 Å². The Balaban J connectivity index is 2.97. The molecule has 140 valence electrons. The monoisotopic (exact) mass is 347 g/mol. The van der Waals surface area contributed by atoms with Crippen LogP contribution < -0.4 is 5.73 Å². The van der Waals surface area contributed by atoms with Crippen molar-refractivity contribution in [2.75, 3.05) is 0 Å². The van der Waals surface area contributed by atoms with Gasteiger partial charge in [-0.15, -0.1) is 0 Å². The Hall–Kier alpha value is -1.84. The van der Waals surface area contributed by atoms with Crippen molar-refractivity contribution in [1.82, 2.24) is 0 Å². The molecule has 0 fully saturated rings. The summed E-state index contributed by atoms with van der Waals surface area (Å²) in [5, 5.41) is 0. The summed E-state index contributed by atoms with van der Waals surface area (Å²) in [7, 11) is 0. The molecule has 0 aromatic heterocycles. The Kier molecular flexibility index (Phi) is 8.14. The zero-order chi connectivity index (χ0) is 19.0. The van der Waals surface area contributed by atoms with Crippen molar-refractivity contribution in [2.24, 2.45) is 23.5 Å². The smallest absolute Gasteiger partial charge is 0.310 e. The van der Waals surface area contributed by atoms with Gasteiger partial charge in [0, 0.05) is 0 Å². The van der Waals surface area contributed by atoms with E-state index in [2.05, 4.69) is 13.8 Å². The molecule has 0 radical (unpaired) electrons. The van der Waals surface area contributed by atoms with E-state index in [9.17, 15) is 9.59 Å². The van der Waals surface area contributed by atoms with Crippen LogP contribution in [0.1, 0.15) is 59.4 Å². The molecule has 4 nitrogen and oxygen atoms in total. The molecular weight excluding hydrogens is 314 g/mol. The number of benzene rings is 1. The van der Waals surface area contributed by atoms with Gasteiger partial charge in [-0.1, -0.05) is 57.0 Å². The van der Waals surface area contributed by atoms with E-state index in [4.69, 9.17) is 10.5 Å². The number of ether oxygens (including phenoxy) is 1. The number of primary amides is 1. The summed E-state index contributed by atoms with van der Waals surface area (Å²) in [4.78, 5) is 24.9. The Morgan fingerprint density at radius 1 is 1.04 bits per heavy atom. The Bertz CT molecular complexity index is 546. The lowest BCUT2D eigenvalue weighted by atomic mass is 9.82. The molecular formula is C21H33NO3. The molecule has 0 saturated carbocycles. The minimum absolute atomic E-state index is 0.323. The van der Waals surface area contributed by atoms with Gasteiger partial charge < -0.3 is 10.5 Å². The highest BCUT2D eigenvalue weighted by Gasteiger charge is 2.35. The van der Waals surface area contributed by atoms with Gasteiger partial charge in [-0.25, -0.2) is 0 Å². The van der Waals surface area contributed by atoms with Gasteiger partial charge in [0.15, 0.2) is 0 Å². The lowest BCUT2D eigenvalue weighted by Crippen LogP contribution is -2.39. The van der Waals surface area contributed by atoms with Gasteiger partial charge in [-0.2, -0.15) is 0 Å². The van der Waals surface area contributed by atoms with Crippen molar-refractivity contribution >= 4 is 11.9 Å². The summed E-state index contributed by atoms with van der Waals surface area (Å²) in [6.45, 7) is 9.82. The summed E-state index contributed by atoms with van der Waals surface area (Å²) >= 11 is 0. The molecule has 1 amide bonds. The van der Waals surface area contributed by atoms with Crippen molar-refractivity contribution in [3.05, 3.63) is 35.9 Å². The first-order chi connectivity index (χ1) is 11.6. The van der Waals surface area contributed by atoms with E-state index < -0.39 is 23.3 Å². The van der Waals surface area contributed by atoms with Crippen molar-refractivity contribution in [2.45, 2.75) is 65.9 Å². The fraction of sp³-hybridized carbons (Fsp3) is 0.619. The summed E-state index contributed by atoms with van der Waals surface area (Å²) in [6, 6.07) is 9.69. The van der Waals surface area contributed by atoms with Gasteiger partial charge in [0.1, 0.15) is 5.60 Å². The van der Waals surface area contributed by atoms with Gasteiger partial charge in [0.05, 0.1) is 11.8 Å². The molecule has 1 rings (SSSR count). The Labute approximate surface area is 152 Å². The number of rotatable bonds is 9. The van der Waals surface area contributed by atoms with Crippen LogP contribution >= 0.6 is 0 Å². The number of hydrogen-bond donors (Lipinski definition) is 1. The standard InChI is InChI=1S/C21H33NO3/c1-15(2)10-9-13-17(20(24)25-21(3,4)5)18(19(22)23)14-16-11-7-6-8-12-16/h6-8,11-12,15,17-18H,9-10,13-14H2,1-5H3,(H2,22,23)/t17?,18-/m0/s1. The molecule has 0 aliphatic carbocycles. The second-order valence-corrected chi connectivity index (χ2v) is 8.16. The largest absolute Gasteiger partial charge is 0.460 e. The van der Waals surface area contributed by atoms with Crippen molar-refractivity contribution in [3.8, 4) is 0 Å². The molecule has 0 bridgehead atoms. The van der Waals surface area contributed by atoms with Crippen LogP contribution in [0.25, 0.3) is 0 Å². The quantitative estimate of drug-likeness (QED) is 0.683. The molecule has 4 heteroatoms. The molecule has 25 heavy (non-hydrogen) atoms. The van der Waals surface area contributed by atoms with E-state index in [0.29, 0.717) is 18.8 Å². The van der Waals surface area contributed by atoms with Crippen LogP contribution in [0.3, 0.4) is 0 Å². The third-order valence-electron chi connectivity index (χ3n) is 4.16. The average Bonchev–Trinajstić information content (AvgIpc) is 2.48. The zero-order valence-electron chi connectivity index (χ0n) is 16.2. The molecule has 0 aliphatic heterocycles. The number of hydrogen-bond acceptors (Lipinski definition) is 3. The SMILES string of the molecule is CC(C)CCCC(C(=O)OC(C)(C)C)[C@H](Cc1ccccc1)C(N)=O. The van der Waals surface area contributed by atoms with Crippen molar-refractivity contribution in [1.29, 1.82) is 0 Å². The third kappa shape index (κ3) is 8.19. The molecule has 1 aromatic carbocycles. The van der Waals surface area contributed by atoms with Crippen LogP contribution in [-0.4, -0.2) is 17.5 Å². The van der Waals surface area contributed by atoms with E-state index in [1.807, 2.05) is 51.1 Å². The number of carbonyl (C=O) groups excluding carboxylic acids is 2. The third-order valence-corrected chi connectivity index (χ3v) is 4.16. The molecule has 1 unspecified atom stereocenters. The Morgan fingerprint density at radius 3 is 2.12 bits per heavy atom. The fourth-order valence-electron chi connectivity index (χ4n) is 2.92. The molecule has 0 saturated heterocycles. The molecule has 0 aliphatic rings. The zero-order valence-corrected chi connectivity index (χ0v) is 16.2. The van der Waals surface area contributed by atoms with E-state index >= 15 is 0 Å². The van der Waals surface area contributed by atoms with Crippen LogP contribution in [-0.2, 0) is 20.7 Å². The average molecular weight is 347 g/mol. The number of esters is 1. The van der Waals surface area contributed by atoms with Gasteiger partial charge in [-0.05, 0) is 45.1 Å².